The molecule has 3 heteroatoms. The second kappa shape index (κ2) is 6.21. The first-order valence-corrected chi connectivity index (χ1v) is 5.58. The zero-order valence-corrected chi connectivity index (χ0v) is 9.16. The summed E-state index contributed by atoms with van der Waals surface area (Å²) in [4.78, 5) is 0. The lowest BCUT2D eigenvalue weighted by molar-refractivity contribution is 0.192. The fraction of sp³-hybridized carbons (Fsp3) is 1.00. The first-order chi connectivity index (χ1) is 5.04. The van der Waals surface area contributed by atoms with Crippen molar-refractivity contribution in [2.75, 3.05) is 5.75 Å². The molecule has 0 saturated carbocycles. The molecule has 1 nitrogen and oxygen atoms in total. The molecule has 0 aromatic heterocycles. The van der Waals surface area contributed by atoms with Crippen molar-refractivity contribution in [2.45, 2.75) is 43.8 Å². The summed E-state index contributed by atoms with van der Waals surface area (Å²) in [6, 6.07) is 0. The van der Waals surface area contributed by atoms with E-state index in [1.54, 1.807) is 0 Å². The summed E-state index contributed by atoms with van der Waals surface area (Å²) in [5.41, 5.74) is 0. The average Bonchev–Trinajstić information content (AvgIpc) is 1.86. The van der Waals surface area contributed by atoms with Crippen molar-refractivity contribution in [3.8, 4) is 0 Å². The zero-order chi connectivity index (χ0) is 8.85. The van der Waals surface area contributed by atoms with Gasteiger partial charge in [0, 0.05) is 10.5 Å². The standard InChI is InChI=1S/C8H18OS2/c1-6(9)4-5-11-8(3)7(2)10/h6-10H,4-5H2,1-3H3. The Balaban J connectivity index is 3.24. The van der Waals surface area contributed by atoms with Crippen LogP contribution in [0, 0.1) is 0 Å². The first kappa shape index (κ1) is 11.7. The second-order valence-electron chi connectivity index (χ2n) is 2.95. The Labute approximate surface area is 79.4 Å². The molecule has 0 rings (SSSR count). The fourth-order valence-corrected chi connectivity index (χ4v) is 1.95. The van der Waals surface area contributed by atoms with Gasteiger partial charge in [0.25, 0.3) is 0 Å². The summed E-state index contributed by atoms with van der Waals surface area (Å²) in [7, 11) is 0. The third-order valence-electron chi connectivity index (χ3n) is 1.60. The lowest BCUT2D eigenvalue weighted by atomic mass is 10.3. The molecule has 11 heavy (non-hydrogen) atoms. The van der Waals surface area contributed by atoms with Crippen LogP contribution in [0.25, 0.3) is 0 Å². The van der Waals surface area contributed by atoms with E-state index < -0.39 is 0 Å². The van der Waals surface area contributed by atoms with Crippen LogP contribution in [0.15, 0.2) is 0 Å². The number of aliphatic hydroxyl groups is 1. The van der Waals surface area contributed by atoms with Crippen molar-refractivity contribution in [1.82, 2.24) is 0 Å². The molecule has 0 aliphatic carbocycles. The monoisotopic (exact) mass is 194 g/mol. The van der Waals surface area contributed by atoms with Gasteiger partial charge in [0.05, 0.1) is 6.10 Å². The average molecular weight is 194 g/mol. The molecule has 68 valence electrons. The highest BCUT2D eigenvalue weighted by Gasteiger charge is 2.07. The van der Waals surface area contributed by atoms with Crippen LogP contribution in [0.4, 0.5) is 0 Å². The van der Waals surface area contributed by atoms with Crippen LogP contribution in [-0.4, -0.2) is 27.5 Å². The third-order valence-corrected chi connectivity index (χ3v) is 3.65. The first-order valence-electron chi connectivity index (χ1n) is 4.01. The van der Waals surface area contributed by atoms with Crippen LogP contribution >= 0.6 is 24.4 Å². The van der Waals surface area contributed by atoms with Gasteiger partial charge in [0.1, 0.15) is 0 Å². The second-order valence-corrected chi connectivity index (χ2v) is 5.25. The van der Waals surface area contributed by atoms with E-state index >= 15 is 0 Å². The van der Waals surface area contributed by atoms with Crippen molar-refractivity contribution in [3.05, 3.63) is 0 Å². The number of hydrogen-bond acceptors (Lipinski definition) is 3. The molecule has 0 spiro atoms. The number of aliphatic hydroxyl groups excluding tert-OH is 1. The molecule has 3 atom stereocenters. The van der Waals surface area contributed by atoms with Gasteiger partial charge < -0.3 is 5.11 Å². The van der Waals surface area contributed by atoms with Gasteiger partial charge in [-0.3, -0.25) is 0 Å². The van der Waals surface area contributed by atoms with Gasteiger partial charge in [-0.25, -0.2) is 0 Å². The van der Waals surface area contributed by atoms with E-state index in [9.17, 15) is 0 Å². The van der Waals surface area contributed by atoms with Crippen LogP contribution in [0.5, 0.6) is 0 Å². The Bertz CT molecular complexity index is 94.1. The summed E-state index contributed by atoms with van der Waals surface area (Å²) < 4.78 is 0. The Morgan fingerprint density at radius 2 is 1.91 bits per heavy atom. The Kier molecular flexibility index (Phi) is 6.58. The van der Waals surface area contributed by atoms with Gasteiger partial charge >= 0.3 is 0 Å². The fourth-order valence-electron chi connectivity index (χ4n) is 0.564. The zero-order valence-electron chi connectivity index (χ0n) is 7.45. The minimum atomic E-state index is -0.162. The number of hydrogen-bond donors (Lipinski definition) is 2. The quantitative estimate of drug-likeness (QED) is 0.654. The van der Waals surface area contributed by atoms with E-state index in [1.807, 2.05) is 18.7 Å². The lowest BCUT2D eigenvalue weighted by Gasteiger charge is -2.14. The van der Waals surface area contributed by atoms with Gasteiger partial charge in [0.15, 0.2) is 0 Å². The van der Waals surface area contributed by atoms with E-state index in [-0.39, 0.29) is 6.10 Å². The molecule has 0 aromatic carbocycles. The van der Waals surface area contributed by atoms with Crippen LogP contribution in [0.1, 0.15) is 27.2 Å². The molecular weight excluding hydrogens is 176 g/mol. The highest BCUT2D eigenvalue weighted by molar-refractivity contribution is 8.00. The van der Waals surface area contributed by atoms with Gasteiger partial charge in [-0.1, -0.05) is 13.8 Å². The summed E-state index contributed by atoms with van der Waals surface area (Å²) >= 11 is 6.21. The van der Waals surface area contributed by atoms with E-state index in [0.29, 0.717) is 10.5 Å². The molecule has 0 radical (unpaired) electrons. The molecule has 0 bridgehead atoms. The Morgan fingerprint density at radius 3 is 2.27 bits per heavy atom. The molecule has 0 fully saturated rings. The van der Waals surface area contributed by atoms with Crippen molar-refractivity contribution in [2.24, 2.45) is 0 Å². The van der Waals surface area contributed by atoms with Crippen molar-refractivity contribution in [1.29, 1.82) is 0 Å². The molecule has 0 heterocycles. The van der Waals surface area contributed by atoms with E-state index in [4.69, 9.17) is 5.11 Å². The van der Waals surface area contributed by atoms with Gasteiger partial charge in [-0.05, 0) is 19.1 Å². The minimum Gasteiger partial charge on any atom is -0.393 e. The number of thioether (sulfide) groups is 1. The van der Waals surface area contributed by atoms with Crippen LogP contribution in [0.3, 0.4) is 0 Å². The van der Waals surface area contributed by atoms with Crippen molar-refractivity contribution < 1.29 is 5.11 Å². The topological polar surface area (TPSA) is 20.2 Å². The van der Waals surface area contributed by atoms with E-state index in [0.717, 1.165) is 12.2 Å². The van der Waals surface area contributed by atoms with Crippen LogP contribution in [0.2, 0.25) is 0 Å². The highest BCUT2D eigenvalue weighted by atomic mass is 32.2. The molecule has 1 N–H and O–H groups in total. The molecule has 3 unspecified atom stereocenters. The highest BCUT2D eigenvalue weighted by Crippen LogP contribution is 2.18. The van der Waals surface area contributed by atoms with Gasteiger partial charge in [-0.15, -0.1) is 0 Å². The normalized spacial score (nSPS) is 19.4. The molecular formula is C8H18OS2. The number of rotatable bonds is 5. The SMILES string of the molecule is CC(O)CCSC(C)C(C)S. The predicted octanol–water partition coefficient (Wildman–Crippen LogP) is 2.20. The summed E-state index contributed by atoms with van der Waals surface area (Å²) in [6.07, 6.45) is 0.722. The van der Waals surface area contributed by atoms with Gasteiger partial charge in [0.2, 0.25) is 0 Å². The van der Waals surface area contributed by atoms with E-state index in [1.165, 1.54) is 0 Å². The predicted molar refractivity (Wildman–Crippen MR) is 56.7 cm³/mol. The lowest BCUT2D eigenvalue weighted by Crippen LogP contribution is -2.11. The van der Waals surface area contributed by atoms with E-state index in [2.05, 4.69) is 26.5 Å². The molecule has 0 saturated heterocycles. The summed E-state index contributed by atoms with van der Waals surface area (Å²) in [6.45, 7) is 6.10. The minimum absolute atomic E-state index is 0.162. The maximum absolute atomic E-state index is 8.97. The van der Waals surface area contributed by atoms with Crippen LogP contribution in [-0.2, 0) is 0 Å². The smallest absolute Gasteiger partial charge is 0.0520 e. The number of thiol groups is 1. The largest absolute Gasteiger partial charge is 0.393 e. The van der Waals surface area contributed by atoms with Crippen molar-refractivity contribution in [3.63, 3.8) is 0 Å². The van der Waals surface area contributed by atoms with Gasteiger partial charge in [-0.2, -0.15) is 24.4 Å². The molecule has 0 aromatic rings. The molecule has 0 aliphatic rings. The van der Waals surface area contributed by atoms with Crippen molar-refractivity contribution >= 4 is 24.4 Å². The molecule has 0 aliphatic heterocycles. The Morgan fingerprint density at radius 1 is 1.36 bits per heavy atom. The molecule has 0 amide bonds. The summed E-state index contributed by atoms with van der Waals surface area (Å²) in [5.74, 6) is 1.03. The maximum Gasteiger partial charge on any atom is 0.0520 e. The maximum atomic E-state index is 8.97. The van der Waals surface area contributed by atoms with Crippen LogP contribution < -0.4 is 0 Å². The summed E-state index contributed by atoms with van der Waals surface area (Å²) in [5, 5.41) is 9.99. The Hall–Kier alpha value is 0.660. The third kappa shape index (κ3) is 7.04.